The number of hydrogen-bond donors (Lipinski definition) is 1. The molecule has 0 saturated carbocycles. The molecule has 1 saturated heterocycles. The van der Waals surface area contributed by atoms with Gasteiger partial charge >= 0.3 is 0 Å². The molecule has 0 atom stereocenters. The van der Waals surface area contributed by atoms with Crippen molar-refractivity contribution in [3.05, 3.63) is 48.3 Å². The molecule has 8 nitrogen and oxygen atoms in total. The van der Waals surface area contributed by atoms with Crippen molar-refractivity contribution in [2.24, 2.45) is 0 Å². The molecule has 0 aromatic heterocycles. The molecular weight excluding hydrogens is 411 g/mol. The molecule has 1 heterocycles. The fraction of sp³-hybridized carbons (Fsp3) is 0.294. The molecule has 0 radical (unpaired) electrons. The number of anilines is 1. The minimum absolute atomic E-state index is 0.0103. The predicted octanol–water partition coefficient (Wildman–Crippen LogP) is 1.66. The van der Waals surface area contributed by atoms with Crippen molar-refractivity contribution in [1.82, 2.24) is 4.31 Å². The van der Waals surface area contributed by atoms with Crippen LogP contribution in [0.2, 0.25) is 0 Å². The van der Waals surface area contributed by atoms with Crippen LogP contribution in [0.25, 0.3) is 0 Å². The average molecular weight is 430 g/mol. The Labute approximate surface area is 163 Å². The Morgan fingerprint density at radius 3 is 2.18 bits per heavy atom. The number of methoxy groups -OCH3 is 1. The van der Waals surface area contributed by atoms with Crippen LogP contribution in [0, 0.1) is 5.82 Å². The van der Waals surface area contributed by atoms with Crippen LogP contribution in [0.15, 0.2) is 52.3 Å². The Kier molecular flexibility index (Phi) is 5.89. The van der Waals surface area contributed by atoms with E-state index in [0.717, 1.165) is 6.07 Å². The Balaban J connectivity index is 1.81. The number of ether oxygens (including phenoxy) is 2. The van der Waals surface area contributed by atoms with Gasteiger partial charge in [-0.2, -0.15) is 4.31 Å². The molecule has 1 aliphatic rings. The van der Waals surface area contributed by atoms with Crippen LogP contribution in [0.3, 0.4) is 0 Å². The Hall–Kier alpha value is -2.21. The highest BCUT2D eigenvalue weighted by molar-refractivity contribution is 7.92. The molecule has 0 bridgehead atoms. The predicted molar refractivity (Wildman–Crippen MR) is 99.8 cm³/mol. The summed E-state index contributed by atoms with van der Waals surface area (Å²) < 4.78 is 77.4. The summed E-state index contributed by atoms with van der Waals surface area (Å²) >= 11 is 0. The molecule has 0 unspecified atom stereocenters. The maximum atomic E-state index is 13.7. The number of halogens is 1. The van der Waals surface area contributed by atoms with Crippen LogP contribution in [0.1, 0.15) is 0 Å². The topological polar surface area (TPSA) is 102 Å². The van der Waals surface area contributed by atoms with Crippen molar-refractivity contribution in [3.8, 4) is 5.75 Å². The van der Waals surface area contributed by atoms with Crippen LogP contribution < -0.4 is 9.46 Å². The fourth-order valence-electron chi connectivity index (χ4n) is 2.67. The SMILES string of the molecule is COc1ccc(NS(=O)(=O)c2ccc(S(=O)(=O)N3CCOCC3)cc2)cc1F. The number of benzene rings is 2. The monoisotopic (exact) mass is 430 g/mol. The van der Waals surface area contributed by atoms with Crippen molar-refractivity contribution in [2.75, 3.05) is 38.1 Å². The molecule has 3 rings (SSSR count). The Morgan fingerprint density at radius 1 is 1.00 bits per heavy atom. The Bertz CT molecular complexity index is 1050. The van der Waals surface area contributed by atoms with Gasteiger partial charge in [0.2, 0.25) is 10.0 Å². The van der Waals surface area contributed by atoms with Gasteiger partial charge in [0.05, 0.1) is 35.8 Å². The molecule has 2 aromatic rings. The molecule has 28 heavy (non-hydrogen) atoms. The number of nitrogens with one attached hydrogen (secondary N) is 1. The number of sulfonamides is 2. The molecule has 152 valence electrons. The van der Waals surface area contributed by atoms with E-state index in [0.29, 0.717) is 13.2 Å². The van der Waals surface area contributed by atoms with Gasteiger partial charge in [-0.1, -0.05) is 0 Å². The van der Waals surface area contributed by atoms with Gasteiger partial charge in [-0.15, -0.1) is 0 Å². The first-order valence-corrected chi connectivity index (χ1v) is 11.2. The largest absolute Gasteiger partial charge is 0.494 e. The van der Waals surface area contributed by atoms with Gasteiger partial charge < -0.3 is 9.47 Å². The fourth-order valence-corrected chi connectivity index (χ4v) is 5.13. The summed E-state index contributed by atoms with van der Waals surface area (Å²) in [6.45, 7) is 1.11. The second-order valence-corrected chi connectivity index (χ2v) is 9.56. The van der Waals surface area contributed by atoms with E-state index in [4.69, 9.17) is 9.47 Å². The van der Waals surface area contributed by atoms with Crippen molar-refractivity contribution in [3.63, 3.8) is 0 Å². The molecule has 0 amide bonds. The maximum Gasteiger partial charge on any atom is 0.261 e. The Morgan fingerprint density at radius 2 is 1.61 bits per heavy atom. The van der Waals surface area contributed by atoms with E-state index in [-0.39, 0.29) is 34.3 Å². The second-order valence-electron chi connectivity index (χ2n) is 5.94. The van der Waals surface area contributed by atoms with E-state index in [9.17, 15) is 21.2 Å². The summed E-state index contributed by atoms with van der Waals surface area (Å²) in [5, 5.41) is 0. The first-order valence-electron chi connectivity index (χ1n) is 8.28. The first-order chi connectivity index (χ1) is 13.2. The van der Waals surface area contributed by atoms with E-state index in [1.807, 2.05) is 0 Å². The van der Waals surface area contributed by atoms with Gasteiger partial charge in [0.1, 0.15) is 0 Å². The van der Waals surface area contributed by atoms with Crippen LogP contribution in [0.4, 0.5) is 10.1 Å². The lowest BCUT2D eigenvalue weighted by Crippen LogP contribution is -2.40. The van der Waals surface area contributed by atoms with Crippen LogP contribution in [-0.4, -0.2) is 54.6 Å². The average Bonchev–Trinajstić information content (AvgIpc) is 2.68. The summed E-state index contributed by atoms with van der Waals surface area (Å²) in [4.78, 5) is -0.159. The van der Waals surface area contributed by atoms with Gasteiger partial charge in [-0.05, 0) is 36.4 Å². The minimum atomic E-state index is -4.02. The van der Waals surface area contributed by atoms with Crippen molar-refractivity contribution >= 4 is 25.7 Å². The zero-order valence-corrected chi connectivity index (χ0v) is 16.6. The lowest BCUT2D eigenvalue weighted by atomic mass is 10.3. The summed E-state index contributed by atoms with van der Waals surface area (Å²) in [6.07, 6.45) is 0. The van der Waals surface area contributed by atoms with Crippen molar-refractivity contribution < 1.29 is 30.7 Å². The molecule has 0 aliphatic carbocycles. The van der Waals surface area contributed by atoms with E-state index < -0.39 is 25.9 Å². The molecule has 11 heteroatoms. The molecule has 1 N–H and O–H groups in total. The number of morpholine rings is 1. The van der Waals surface area contributed by atoms with Gasteiger partial charge in [0.15, 0.2) is 11.6 Å². The van der Waals surface area contributed by atoms with E-state index >= 15 is 0 Å². The quantitative estimate of drug-likeness (QED) is 0.748. The zero-order chi connectivity index (χ0) is 20.4. The van der Waals surface area contributed by atoms with E-state index in [2.05, 4.69) is 4.72 Å². The minimum Gasteiger partial charge on any atom is -0.494 e. The highest BCUT2D eigenvalue weighted by atomic mass is 32.2. The first kappa shape index (κ1) is 20.5. The number of rotatable bonds is 6. The van der Waals surface area contributed by atoms with E-state index in [1.54, 1.807) is 0 Å². The third kappa shape index (κ3) is 4.27. The lowest BCUT2D eigenvalue weighted by molar-refractivity contribution is 0.0730. The van der Waals surface area contributed by atoms with Gasteiger partial charge in [0, 0.05) is 19.2 Å². The molecule has 1 aliphatic heterocycles. The normalized spacial score (nSPS) is 15.9. The van der Waals surface area contributed by atoms with E-state index in [1.165, 1.54) is 47.8 Å². The van der Waals surface area contributed by atoms with Crippen LogP contribution in [-0.2, 0) is 24.8 Å². The smallest absolute Gasteiger partial charge is 0.261 e. The standard InChI is InChI=1S/C17H19FN2O6S2/c1-25-17-7-2-13(12-16(17)18)19-27(21,22)14-3-5-15(6-4-14)28(23,24)20-8-10-26-11-9-20/h2-7,12,19H,8-11H2,1H3. The molecular formula is C17H19FN2O6S2. The summed E-state index contributed by atoms with van der Waals surface area (Å²) in [7, 11) is -6.44. The highest BCUT2D eigenvalue weighted by Crippen LogP contribution is 2.24. The van der Waals surface area contributed by atoms with Gasteiger partial charge in [0.25, 0.3) is 10.0 Å². The molecule has 1 fully saturated rings. The molecule has 0 spiro atoms. The number of nitrogens with zero attached hydrogens (tertiary/aromatic N) is 1. The summed E-state index contributed by atoms with van der Waals surface area (Å²) in [6, 6.07) is 8.49. The van der Waals surface area contributed by atoms with Crippen LogP contribution in [0.5, 0.6) is 5.75 Å². The third-order valence-corrected chi connectivity index (χ3v) is 7.46. The zero-order valence-electron chi connectivity index (χ0n) is 15.0. The number of hydrogen-bond acceptors (Lipinski definition) is 6. The second kappa shape index (κ2) is 8.03. The van der Waals surface area contributed by atoms with Crippen LogP contribution >= 0.6 is 0 Å². The summed E-state index contributed by atoms with van der Waals surface area (Å²) in [5.41, 5.74) is 0.0170. The lowest BCUT2D eigenvalue weighted by Gasteiger charge is -2.26. The van der Waals surface area contributed by atoms with Crippen molar-refractivity contribution in [2.45, 2.75) is 9.79 Å². The molecule has 2 aromatic carbocycles. The summed E-state index contributed by atoms with van der Waals surface area (Å²) in [5.74, 6) is -0.727. The highest BCUT2D eigenvalue weighted by Gasteiger charge is 2.27. The third-order valence-electron chi connectivity index (χ3n) is 4.15. The van der Waals surface area contributed by atoms with Crippen molar-refractivity contribution in [1.29, 1.82) is 0 Å². The maximum absolute atomic E-state index is 13.7. The van der Waals surface area contributed by atoms with Gasteiger partial charge in [-0.3, -0.25) is 4.72 Å². The van der Waals surface area contributed by atoms with Gasteiger partial charge in [-0.25, -0.2) is 21.2 Å².